The third-order valence-corrected chi connectivity index (χ3v) is 5.93. The number of anilines is 2. The van der Waals surface area contributed by atoms with E-state index in [-0.39, 0.29) is 24.7 Å². The smallest absolute Gasteiger partial charge is 0.271 e. The molecule has 0 aliphatic carbocycles. The van der Waals surface area contributed by atoms with Crippen molar-refractivity contribution in [1.29, 1.82) is 0 Å². The van der Waals surface area contributed by atoms with Crippen LogP contribution in [0.15, 0.2) is 46.9 Å². The summed E-state index contributed by atoms with van der Waals surface area (Å²) in [6.45, 7) is 1.96. The van der Waals surface area contributed by atoms with Crippen molar-refractivity contribution < 1.29 is 14.4 Å². The van der Waals surface area contributed by atoms with Crippen LogP contribution in [-0.4, -0.2) is 35.3 Å². The number of hydrogen-bond acceptors (Lipinski definition) is 3. The van der Waals surface area contributed by atoms with Crippen LogP contribution >= 0.6 is 15.9 Å². The lowest BCUT2D eigenvalue weighted by molar-refractivity contribution is -0.128. The second-order valence-corrected chi connectivity index (χ2v) is 7.72. The third kappa shape index (κ3) is 2.49. The van der Waals surface area contributed by atoms with Crippen LogP contribution in [0.3, 0.4) is 0 Å². The highest BCUT2D eigenvalue weighted by molar-refractivity contribution is 9.10. The van der Waals surface area contributed by atoms with Gasteiger partial charge in [0.1, 0.15) is 0 Å². The molecule has 0 bridgehead atoms. The van der Waals surface area contributed by atoms with Gasteiger partial charge >= 0.3 is 0 Å². The van der Waals surface area contributed by atoms with Gasteiger partial charge in [-0.25, -0.2) is 0 Å². The zero-order valence-corrected chi connectivity index (χ0v) is 16.5. The summed E-state index contributed by atoms with van der Waals surface area (Å²) in [4.78, 5) is 41.9. The highest BCUT2D eigenvalue weighted by Crippen LogP contribution is 2.44. The van der Waals surface area contributed by atoms with E-state index in [1.54, 1.807) is 37.4 Å². The summed E-state index contributed by atoms with van der Waals surface area (Å²) in [5.41, 5.74) is 1.19. The van der Waals surface area contributed by atoms with E-state index in [0.29, 0.717) is 16.9 Å². The second kappa shape index (κ2) is 6.20. The van der Waals surface area contributed by atoms with Crippen molar-refractivity contribution in [2.75, 3.05) is 17.3 Å². The number of likely N-dealkylation sites (N-methyl/N-ethyl adjacent to an activating group) is 1. The van der Waals surface area contributed by atoms with Gasteiger partial charge in [0.25, 0.3) is 11.8 Å². The van der Waals surface area contributed by atoms with Gasteiger partial charge in [0.2, 0.25) is 11.6 Å². The molecule has 2 aliphatic heterocycles. The maximum Gasteiger partial charge on any atom is 0.271 e. The van der Waals surface area contributed by atoms with Crippen molar-refractivity contribution in [2.24, 2.45) is 0 Å². The number of rotatable bonds is 2. The molecule has 4 rings (SSSR count). The molecule has 0 saturated carbocycles. The van der Waals surface area contributed by atoms with Gasteiger partial charge in [-0.3, -0.25) is 19.3 Å². The molecule has 0 unspecified atom stereocenters. The maximum absolute atomic E-state index is 13.4. The van der Waals surface area contributed by atoms with Gasteiger partial charge in [-0.05, 0) is 52.7 Å². The molecule has 1 N–H and O–H groups in total. The number of para-hydroxylation sites is 1. The van der Waals surface area contributed by atoms with Gasteiger partial charge < -0.3 is 10.2 Å². The summed E-state index contributed by atoms with van der Waals surface area (Å²) in [5, 5.41) is 2.90. The van der Waals surface area contributed by atoms with Crippen molar-refractivity contribution in [1.82, 2.24) is 4.90 Å². The largest absolute Gasteiger partial charge is 0.321 e. The third-order valence-electron chi connectivity index (χ3n) is 5.28. The number of halogens is 1. The molecular weight excluding hydrogens is 410 g/mol. The minimum absolute atomic E-state index is 0.167. The molecule has 0 radical (unpaired) electrons. The maximum atomic E-state index is 13.4. The van der Waals surface area contributed by atoms with Gasteiger partial charge in [-0.15, -0.1) is 0 Å². The normalized spacial score (nSPS) is 21.1. The Morgan fingerprint density at radius 1 is 1.19 bits per heavy atom. The first-order valence-corrected chi connectivity index (χ1v) is 9.43. The number of benzene rings is 2. The van der Waals surface area contributed by atoms with Crippen LogP contribution in [0, 0.1) is 6.92 Å². The summed E-state index contributed by atoms with van der Waals surface area (Å²) >= 11 is 3.46. The summed E-state index contributed by atoms with van der Waals surface area (Å²) in [6, 6.07) is 12.5. The lowest BCUT2D eigenvalue weighted by Crippen LogP contribution is -2.68. The first-order valence-electron chi connectivity index (χ1n) is 8.64. The van der Waals surface area contributed by atoms with E-state index in [2.05, 4.69) is 21.2 Å². The number of nitrogens with zero attached hydrogens (tertiary/aromatic N) is 2. The van der Waals surface area contributed by atoms with E-state index in [1.807, 2.05) is 19.1 Å². The van der Waals surface area contributed by atoms with E-state index >= 15 is 0 Å². The standard InChI is InChI=1S/C20H18BrN3O3/c1-12-7-8-15(14(21)11-12)22-19(27)20-10-9-17(25)24(20)16-6-4-3-5-13(16)18(26)23(20)2/h3-8,11H,9-10H2,1-2H3,(H,22,27)/t20-/m0/s1. The number of aryl methyl sites for hydroxylation is 1. The molecule has 0 aromatic heterocycles. The summed E-state index contributed by atoms with van der Waals surface area (Å²) in [5.74, 6) is -0.835. The molecule has 1 saturated heterocycles. The van der Waals surface area contributed by atoms with Gasteiger partial charge in [0.05, 0.1) is 16.9 Å². The number of hydrogen-bond donors (Lipinski definition) is 1. The molecule has 7 heteroatoms. The molecule has 2 aromatic rings. The molecule has 0 spiro atoms. The molecule has 2 aliphatic rings. The van der Waals surface area contributed by atoms with Crippen molar-refractivity contribution in [3.63, 3.8) is 0 Å². The van der Waals surface area contributed by atoms with Crippen LogP contribution < -0.4 is 10.2 Å². The Morgan fingerprint density at radius 2 is 1.93 bits per heavy atom. The topological polar surface area (TPSA) is 69.7 Å². The zero-order chi connectivity index (χ0) is 19.3. The molecule has 2 heterocycles. The van der Waals surface area contributed by atoms with Gasteiger partial charge in [-0.1, -0.05) is 18.2 Å². The lowest BCUT2D eigenvalue weighted by atomic mass is 9.96. The van der Waals surface area contributed by atoms with E-state index in [0.717, 1.165) is 10.0 Å². The monoisotopic (exact) mass is 427 g/mol. The minimum atomic E-state index is -1.37. The van der Waals surface area contributed by atoms with Crippen molar-refractivity contribution in [3.05, 3.63) is 58.1 Å². The predicted octanol–water partition coefficient (Wildman–Crippen LogP) is 3.30. The van der Waals surface area contributed by atoms with E-state index in [1.165, 1.54) is 9.80 Å². The SMILES string of the molecule is Cc1ccc(NC(=O)[C@]23CCC(=O)N2c2ccccc2C(=O)N3C)c(Br)c1. The van der Waals surface area contributed by atoms with Crippen LogP contribution in [0.2, 0.25) is 0 Å². The van der Waals surface area contributed by atoms with Gasteiger partial charge in [0, 0.05) is 24.4 Å². The summed E-state index contributed by atoms with van der Waals surface area (Å²) in [7, 11) is 1.58. The molecule has 1 atom stereocenters. The van der Waals surface area contributed by atoms with E-state index in [9.17, 15) is 14.4 Å². The van der Waals surface area contributed by atoms with Gasteiger partial charge in [-0.2, -0.15) is 0 Å². The highest BCUT2D eigenvalue weighted by Gasteiger charge is 2.59. The molecular formula is C20H18BrN3O3. The Bertz CT molecular complexity index is 990. The van der Waals surface area contributed by atoms with Crippen LogP contribution in [0.5, 0.6) is 0 Å². The predicted molar refractivity (Wildman–Crippen MR) is 105 cm³/mol. The van der Waals surface area contributed by atoms with Crippen molar-refractivity contribution >= 4 is 45.0 Å². The van der Waals surface area contributed by atoms with E-state index in [4.69, 9.17) is 0 Å². The van der Waals surface area contributed by atoms with Crippen LogP contribution in [-0.2, 0) is 9.59 Å². The van der Waals surface area contributed by atoms with E-state index < -0.39 is 11.6 Å². The molecule has 3 amide bonds. The molecule has 1 fully saturated rings. The Balaban J connectivity index is 1.81. The number of fused-ring (bicyclic) bond motifs is 3. The number of carbonyl (C=O) groups is 3. The Morgan fingerprint density at radius 3 is 2.67 bits per heavy atom. The average Bonchev–Trinajstić information content (AvgIpc) is 3.01. The fourth-order valence-electron chi connectivity index (χ4n) is 3.87. The van der Waals surface area contributed by atoms with Crippen LogP contribution in [0.25, 0.3) is 0 Å². The van der Waals surface area contributed by atoms with Crippen LogP contribution in [0.1, 0.15) is 28.8 Å². The number of nitrogens with one attached hydrogen (secondary N) is 1. The van der Waals surface area contributed by atoms with Gasteiger partial charge in [0.15, 0.2) is 0 Å². The molecule has 2 aromatic carbocycles. The lowest BCUT2D eigenvalue weighted by Gasteiger charge is -2.47. The van der Waals surface area contributed by atoms with Crippen LogP contribution in [0.4, 0.5) is 11.4 Å². The Hall–Kier alpha value is -2.67. The number of amides is 3. The second-order valence-electron chi connectivity index (χ2n) is 6.86. The minimum Gasteiger partial charge on any atom is -0.321 e. The molecule has 6 nitrogen and oxygen atoms in total. The average molecular weight is 428 g/mol. The van der Waals surface area contributed by atoms with Crippen molar-refractivity contribution in [2.45, 2.75) is 25.4 Å². The highest BCUT2D eigenvalue weighted by atomic mass is 79.9. The van der Waals surface area contributed by atoms with Crippen molar-refractivity contribution in [3.8, 4) is 0 Å². The first-order chi connectivity index (χ1) is 12.9. The number of carbonyl (C=O) groups excluding carboxylic acids is 3. The Kier molecular flexibility index (Phi) is 4.07. The summed E-state index contributed by atoms with van der Waals surface area (Å²) < 4.78 is 0.744. The first kappa shape index (κ1) is 17.7. The molecule has 27 heavy (non-hydrogen) atoms. The Labute approximate surface area is 165 Å². The summed E-state index contributed by atoms with van der Waals surface area (Å²) in [6.07, 6.45) is 0.451. The molecule has 138 valence electrons. The fraction of sp³-hybridized carbons (Fsp3) is 0.250. The zero-order valence-electron chi connectivity index (χ0n) is 15.0. The quantitative estimate of drug-likeness (QED) is 0.798. The fourth-order valence-corrected chi connectivity index (χ4v) is 4.46.